The Hall–Kier alpha value is -2.90. The van der Waals surface area contributed by atoms with Crippen molar-refractivity contribution in [1.29, 1.82) is 0 Å². The topological polar surface area (TPSA) is 111 Å². The van der Waals surface area contributed by atoms with Gasteiger partial charge < -0.3 is 20.1 Å². The van der Waals surface area contributed by atoms with E-state index in [1.807, 2.05) is 30.3 Å². The van der Waals surface area contributed by atoms with Crippen LogP contribution in [0.25, 0.3) is 0 Å². The number of carbonyl (C=O) groups excluding carboxylic acids is 4. The van der Waals surface area contributed by atoms with E-state index >= 15 is 0 Å². The molecule has 0 fully saturated rings. The molecule has 0 heterocycles. The maximum atomic E-state index is 12.7. The fraction of sp³-hybridized carbons (Fsp3) is 0.474. The van der Waals surface area contributed by atoms with Crippen LogP contribution in [0, 0.1) is 5.92 Å². The molecule has 1 aromatic carbocycles. The molecule has 0 aliphatic heterocycles. The second kappa shape index (κ2) is 10.9. The number of amides is 2. The molecule has 3 atom stereocenters. The number of rotatable bonds is 9. The van der Waals surface area contributed by atoms with Gasteiger partial charge in [-0.1, -0.05) is 37.3 Å². The van der Waals surface area contributed by atoms with E-state index < -0.39 is 35.8 Å². The highest BCUT2D eigenvalue weighted by atomic mass is 16.5. The number of nitrogens with one attached hydrogen (secondary N) is 2. The fourth-order valence-electron chi connectivity index (χ4n) is 2.58. The lowest BCUT2D eigenvalue weighted by Gasteiger charge is -2.23. The van der Waals surface area contributed by atoms with Crippen molar-refractivity contribution in [3.05, 3.63) is 35.9 Å². The monoisotopic (exact) mass is 378 g/mol. The maximum Gasteiger partial charge on any atom is 0.328 e. The normalized spacial score (nSPS) is 13.6. The molecule has 2 N–H and O–H groups in total. The summed E-state index contributed by atoms with van der Waals surface area (Å²) in [4.78, 5) is 47.8. The molecular formula is C19H26N2O6. The van der Waals surface area contributed by atoms with Crippen molar-refractivity contribution in [2.75, 3.05) is 14.2 Å². The zero-order chi connectivity index (χ0) is 20.4. The molecule has 1 rings (SSSR count). The summed E-state index contributed by atoms with van der Waals surface area (Å²) < 4.78 is 9.36. The zero-order valence-corrected chi connectivity index (χ0v) is 16.0. The summed E-state index contributed by atoms with van der Waals surface area (Å²) in [5.41, 5.74) is 0.851. The minimum Gasteiger partial charge on any atom is -0.469 e. The number of ether oxygens (including phenoxy) is 2. The van der Waals surface area contributed by atoms with Crippen LogP contribution >= 0.6 is 0 Å². The van der Waals surface area contributed by atoms with Crippen LogP contribution in [0.2, 0.25) is 0 Å². The lowest BCUT2D eigenvalue weighted by atomic mass is 10.0. The van der Waals surface area contributed by atoms with Crippen LogP contribution < -0.4 is 10.6 Å². The van der Waals surface area contributed by atoms with E-state index in [1.165, 1.54) is 21.1 Å². The summed E-state index contributed by atoms with van der Waals surface area (Å²) in [6.07, 6.45) is 0.274. The minimum absolute atomic E-state index is 0.0171. The Morgan fingerprint density at radius 3 is 2.04 bits per heavy atom. The first kappa shape index (κ1) is 22.1. The summed E-state index contributed by atoms with van der Waals surface area (Å²) in [5.74, 6) is -2.71. The molecular weight excluding hydrogens is 352 g/mol. The third-order valence-corrected chi connectivity index (χ3v) is 3.97. The molecule has 0 aliphatic carbocycles. The largest absolute Gasteiger partial charge is 0.469 e. The smallest absolute Gasteiger partial charge is 0.328 e. The summed E-state index contributed by atoms with van der Waals surface area (Å²) in [6, 6.07) is 7.26. The number of carbonyl (C=O) groups is 4. The molecule has 8 nitrogen and oxygen atoms in total. The molecule has 0 saturated heterocycles. The predicted octanol–water partition coefficient (Wildman–Crippen LogP) is 0.591. The fourth-order valence-corrected chi connectivity index (χ4v) is 2.58. The Morgan fingerprint density at radius 1 is 0.926 bits per heavy atom. The molecule has 27 heavy (non-hydrogen) atoms. The van der Waals surface area contributed by atoms with Gasteiger partial charge in [0.1, 0.15) is 12.1 Å². The van der Waals surface area contributed by atoms with E-state index in [4.69, 9.17) is 4.74 Å². The van der Waals surface area contributed by atoms with E-state index in [-0.39, 0.29) is 18.7 Å². The molecule has 0 radical (unpaired) electrons. The number of methoxy groups -OCH3 is 2. The Balaban J connectivity index is 2.91. The van der Waals surface area contributed by atoms with Gasteiger partial charge in [0.25, 0.3) is 0 Å². The lowest BCUT2D eigenvalue weighted by molar-refractivity contribution is -0.149. The second-order valence-electron chi connectivity index (χ2n) is 6.19. The average molecular weight is 378 g/mol. The van der Waals surface area contributed by atoms with Gasteiger partial charge in [0.15, 0.2) is 0 Å². The van der Waals surface area contributed by atoms with Crippen molar-refractivity contribution in [2.24, 2.45) is 5.92 Å². The molecule has 8 heteroatoms. The molecule has 0 aliphatic rings. The third kappa shape index (κ3) is 7.47. The van der Waals surface area contributed by atoms with Gasteiger partial charge in [-0.2, -0.15) is 0 Å². The van der Waals surface area contributed by atoms with Gasteiger partial charge in [-0.15, -0.1) is 0 Å². The van der Waals surface area contributed by atoms with Crippen molar-refractivity contribution in [1.82, 2.24) is 10.6 Å². The summed E-state index contributed by atoms with van der Waals surface area (Å²) in [6.45, 7) is 2.89. The molecule has 148 valence electrons. The number of hydrogen-bond donors (Lipinski definition) is 2. The van der Waals surface area contributed by atoms with Crippen LogP contribution in [0.1, 0.15) is 25.8 Å². The average Bonchev–Trinajstić information content (AvgIpc) is 2.65. The van der Waals surface area contributed by atoms with Gasteiger partial charge in [-0.3, -0.25) is 14.4 Å². The number of esters is 2. The molecule has 0 spiro atoms. The van der Waals surface area contributed by atoms with Gasteiger partial charge in [0.05, 0.1) is 20.1 Å². The summed E-state index contributed by atoms with van der Waals surface area (Å²) >= 11 is 0. The highest BCUT2D eigenvalue weighted by Crippen LogP contribution is 2.11. The first-order chi connectivity index (χ1) is 12.8. The Bertz CT molecular complexity index is 661. The quantitative estimate of drug-likeness (QED) is 0.609. The van der Waals surface area contributed by atoms with E-state index in [0.29, 0.717) is 0 Å². The van der Waals surface area contributed by atoms with Crippen LogP contribution in [0.5, 0.6) is 0 Å². The molecule has 0 bridgehead atoms. The SMILES string of the molecule is COC(=O)[C@@H](C)C[C@@H](NC(=O)[C@H](Cc1ccccc1)NC(C)=O)C(=O)OC. The molecule has 0 aromatic heterocycles. The first-order valence-corrected chi connectivity index (χ1v) is 8.55. The second-order valence-corrected chi connectivity index (χ2v) is 6.19. The third-order valence-electron chi connectivity index (χ3n) is 3.97. The van der Waals surface area contributed by atoms with Gasteiger partial charge in [-0.25, -0.2) is 4.79 Å². The number of benzene rings is 1. The van der Waals surface area contributed by atoms with Gasteiger partial charge >= 0.3 is 11.9 Å². The summed E-state index contributed by atoms with van der Waals surface area (Å²) in [7, 11) is 2.44. The first-order valence-electron chi connectivity index (χ1n) is 8.55. The van der Waals surface area contributed by atoms with Gasteiger partial charge in [0.2, 0.25) is 11.8 Å². The van der Waals surface area contributed by atoms with Crippen LogP contribution in [-0.2, 0) is 35.1 Å². The molecule has 2 amide bonds. The van der Waals surface area contributed by atoms with Crippen molar-refractivity contribution in [3.63, 3.8) is 0 Å². The van der Waals surface area contributed by atoms with E-state index in [9.17, 15) is 19.2 Å². The minimum atomic E-state index is -1.04. The standard InChI is InChI=1S/C19H26N2O6/c1-12(18(24)26-3)10-16(19(25)27-4)21-17(23)15(20-13(2)22)11-14-8-6-5-7-9-14/h5-9,12,15-16H,10-11H2,1-4H3,(H,20,22)(H,21,23)/t12-,15-,16+/m0/s1. The van der Waals surface area contributed by atoms with Crippen molar-refractivity contribution in [3.8, 4) is 0 Å². The van der Waals surface area contributed by atoms with Gasteiger partial charge in [0, 0.05) is 13.3 Å². The van der Waals surface area contributed by atoms with Gasteiger partial charge in [-0.05, 0) is 12.0 Å². The Morgan fingerprint density at radius 2 is 1.52 bits per heavy atom. The highest BCUT2D eigenvalue weighted by Gasteiger charge is 2.30. The van der Waals surface area contributed by atoms with Crippen LogP contribution in [0.15, 0.2) is 30.3 Å². The maximum absolute atomic E-state index is 12.7. The summed E-state index contributed by atoms with van der Waals surface area (Å²) in [5, 5.41) is 5.15. The Kier molecular flexibility index (Phi) is 8.98. The lowest BCUT2D eigenvalue weighted by Crippen LogP contribution is -2.53. The predicted molar refractivity (Wildman–Crippen MR) is 97.5 cm³/mol. The van der Waals surface area contributed by atoms with Crippen LogP contribution in [0.3, 0.4) is 0 Å². The van der Waals surface area contributed by atoms with E-state index in [1.54, 1.807) is 6.92 Å². The van der Waals surface area contributed by atoms with Crippen molar-refractivity contribution < 1.29 is 28.7 Å². The van der Waals surface area contributed by atoms with Crippen molar-refractivity contribution >= 4 is 23.8 Å². The van der Waals surface area contributed by atoms with Crippen LogP contribution in [0.4, 0.5) is 0 Å². The van der Waals surface area contributed by atoms with Crippen molar-refractivity contribution in [2.45, 2.75) is 38.8 Å². The Labute approximate surface area is 158 Å². The number of hydrogen-bond acceptors (Lipinski definition) is 6. The molecule has 1 aromatic rings. The van der Waals surface area contributed by atoms with E-state index in [0.717, 1.165) is 5.56 Å². The highest BCUT2D eigenvalue weighted by molar-refractivity contribution is 5.90. The molecule has 0 unspecified atom stereocenters. The van der Waals surface area contributed by atoms with Crippen LogP contribution in [-0.4, -0.2) is 50.1 Å². The van der Waals surface area contributed by atoms with E-state index in [2.05, 4.69) is 15.4 Å². The molecule has 0 saturated carbocycles. The zero-order valence-electron chi connectivity index (χ0n) is 16.0.